The number of nitro groups is 1. The van der Waals surface area contributed by atoms with E-state index in [9.17, 15) is 10.1 Å². The molecule has 0 unspecified atom stereocenters. The van der Waals surface area contributed by atoms with Gasteiger partial charge in [-0.3, -0.25) is 10.1 Å². The average Bonchev–Trinajstić information content (AvgIpc) is 2.75. The largest absolute Gasteiger partial charge is 0.378 e. The first-order chi connectivity index (χ1) is 9.06. The van der Waals surface area contributed by atoms with Crippen molar-refractivity contribution in [2.24, 2.45) is 0 Å². The van der Waals surface area contributed by atoms with Crippen molar-refractivity contribution < 1.29 is 4.92 Å². The van der Waals surface area contributed by atoms with Crippen LogP contribution in [-0.4, -0.2) is 16.5 Å². The number of thiophene rings is 1. The first-order valence-corrected chi connectivity index (χ1v) is 7.06. The molecule has 2 aromatic heterocycles. The second-order valence-corrected chi connectivity index (χ2v) is 6.29. The van der Waals surface area contributed by atoms with E-state index in [1.807, 2.05) is 12.1 Å². The van der Waals surface area contributed by atoms with Gasteiger partial charge in [-0.1, -0.05) is 0 Å². The molecule has 100 valence electrons. The lowest BCUT2D eigenvalue weighted by Gasteiger charge is -2.05. The number of nitrogens with two attached hydrogens (primary N) is 1. The standard InChI is InChI=1S/C11H11BrN4O2S/c12-9-3-1-7(19-9)5-6-14-10-4-2-8(16(17)18)11(13)15-10/h1-4H,5-6H2,(H3,13,14,15). The topological polar surface area (TPSA) is 94.1 Å². The second-order valence-electron chi connectivity index (χ2n) is 3.74. The molecule has 0 spiro atoms. The molecule has 0 saturated carbocycles. The summed E-state index contributed by atoms with van der Waals surface area (Å²) >= 11 is 5.08. The van der Waals surface area contributed by atoms with E-state index >= 15 is 0 Å². The summed E-state index contributed by atoms with van der Waals surface area (Å²) in [6, 6.07) is 6.96. The van der Waals surface area contributed by atoms with Gasteiger partial charge in [0.05, 0.1) is 8.71 Å². The lowest BCUT2D eigenvalue weighted by Crippen LogP contribution is -2.07. The first-order valence-electron chi connectivity index (χ1n) is 5.45. The lowest BCUT2D eigenvalue weighted by atomic mass is 10.3. The number of hydrogen-bond acceptors (Lipinski definition) is 6. The predicted octanol–water partition coefficient (Wildman–Crippen LogP) is 3.05. The highest BCUT2D eigenvalue weighted by molar-refractivity contribution is 9.11. The molecular formula is C11H11BrN4O2S. The van der Waals surface area contributed by atoms with Crippen LogP contribution in [0, 0.1) is 10.1 Å². The van der Waals surface area contributed by atoms with Gasteiger partial charge in [-0.05, 0) is 40.5 Å². The minimum Gasteiger partial charge on any atom is -0.378 e. The van der Waals surface area contributed by atoms with Crippen molar-refractivity contribution in [1.82, 2.24) is 4.98 Å². The molecule has 19 heavy (non-hydrogen) atoms. The van der Waals surface area contributed by atoms with Gasteiger partial charge in [0.25, 0.3) is 0 Å². The summed E-state index contributed by atoms with van der Waals surface area (Å²) in [6.07, 6.45) is 0.856. The van der Waals surface area contributed by atoms with Gasteiger partial charge < -0.3 is 11.1 Å². The van der Waals surface area contributed by atoms with Crippen LogP contribution in [0.1, 0.15) is 4.88 Å². The molecular weight excluding hydrogens is 332 g/mol. The summed E-state index contributed by atoms with van der Waals surface area (Å²) in [7, 11) is 0. The number of anilines is 2. The van der Waals surface area contributed by atoms with Crippen molar-refractivity contribution in [3.05, 3.63) is 43.0 Å². The normalized spacial score (nSPS) is 10.4. The van der Waals surface area contributed by atoms with Crippen LogP contribution in [0.15, 0.2) is 28.1 Å². The van der Waals surface area contributed by atoms with Crippen LogP contribution in [0.4, 0.5) is 17.3 Å². The molecule has 0 amide bonds. The van der Waals surface area contributed by atoms with Crippen LogP contribution in [-0.2, 0) is 6.42 Å². The Morgan fingerprint density at radius 3 is 2.79 bits per heavy atom. The first kappa shape index (κ1) is 13.8. The monoisotopic (exact) mass is 342 g/mol. The Kier molecular flexibility index (Phi) is 4.33. The third-order valence-corrected chi connectivity index (χ3v) is 4.09. The van der Waals surface area contributed by atoms with Gasteiger partial charge in [0, 0.05) is 17.5 Å². The number of hydrogen-bond donors (Lipinski definition) is 2. The fourth-order valence-corrected chi connectivity index (χ4v) is 3.00. The minimum absolute atomic E-state index is 0.0751. The summed E-state index contributed by atoms with van der Waals surface area (Å²) in [4.78, 5) is 15.2. The quantitative estimate of drug-likeness (QED) is 0.643. The number of nitrogen functional groups attached to an aromatic ring is 1. The summed E-state index contributed by atoms with van der Waals surface area (Å²) < 4.78 is 1.10. The Morgan fingerprint density at radius 2 is 2.21 bits per heavy atom. The Morgan fingerprint density at radius 1 is 1.42 bits per heavy atom. The highest BCUT2D eigenvalue weighted by Crippen LogP contribution is 2.23. The van der Waals surface area contributed by atoms with Crippen molar-refractivity contribution in [3.63, 3.8) is 0 Å². The molecule has 0 aliphatic heterocycles. The zero-order valence-corrected chi connectivity index (χ0v) is 12.2. The van der Waals surface area contributed by atoms with E-state index in [1.54, 1.807) is 17.4 Å². The molecule has 8 heteroatoms. The number of aromatic nitrogens is 1. The molecule has 0 aromatic carbocycles. The maximum Gasteiger partial charge on any atom is 0.311 e. The Hall–Kier alpha value is -1.67. The van der Waals surface area contributed by atoms with Gasteiger partial charge in [0.2, 0.25) is 5.82 Å². The number of nitrogens with one attached hydrogen (secondary N) is 1. The summed E-state index contributed by atoms with van der Waals surface area (Å²) in [5.41, 5.74) is 5.34. The van der Waals surface area contributed by atoms with Gasteiger partial charge in [-0.25, -0.2) is 4.98 Å². The van der Waals surface area contributed by atoms with Gasteiger partial charge in [0.15, 0.2) is 0 Å². The van der Waals surface area contributed by atoms with E-state index < -0.39 is 4.92 Å². The van der Waals surface area contributed by atoms with Crippen LogP contribution in [0.2, 0.25) is 0 Å². The molecule has 0 aliphatic rings. The molecule has 2 aromatic rings. The van der Waals surface area contributed by atoms with Crippen molar-refractivity contribution in [2.75, 3.05) is 17.6 Å². The highest BCUT2D eigenvalue weighted by atomic mass is 79.9. The van der Waals surface area contributed by atoms with Gasteiger partial charge in [-0.2, -0.15) is 0 Å². The molecule has 0 radical (unpaired) electrons. The van der Waals surface area contributed by atoms with Crippen molar-refractivity contribution >= 4 is 44.6 Å². The van der Waals surface area contributed by atoms with Crippen LogP contribution >= 0.6 is 27.3 Å². The predicted molar refractivity (Wildman–Crippen MR) is 79.5 cm³/mol. The summed E-state index contributed by atoms with van der Waals surface area (Å²) in [5, 5.41) is 13.7. The Balaban J connectivity index is 1.93. The zero-order valence-electron chi connectivity index (χ0n) is 9.80. The molecule has 0 fully saturated rings. The van der Waals surface area contributed by atoms with Crippen molar-refractivity contribution in [3.8, 4) is 0 Å². The van der Waals surface area contributed by atoms with Crippen LogP contribution in [0.3, 0.4) is 0 Å². The van der Waals surface area contributed by atoms with E-state index in [2.05, 4.69) is 26.2 Å². The third kappa shape index (κ3) is 3.65. The van der Waals surface area contributed by atoms with E-state index in [-0.39, 0.29) is 11.5 Å². The number of pyridine rings is 1. The minimum atomic E-state index is -0.546. The van der Waals surface area contributed by atoms with Gasteiger partial charge in [-0.15, -0.1) is 11.3 Å². The van der Waals surface area contributed by atoms with Crippen LogP contribution in [0.25, 0.3) is 0 Å². The zero-order chi connectivity index (χ0) is 13.8. The lowest BCUT2D eigenvalue weighted by molar-refractivity contribution is -0.384. The maximum atomic E-state index is 10.6. The fourth-order valence-electron chi connectivity index (χ4n) is 1.52. The fraction of sp³-hybridized carbons (Fsp3) is 0.182. The number of halogens is 1. The molecule has 3 N–H and O–H groups in total. The summed E-state index contributed by atoms with van der Waals surface area (Å²) in [5.74, 6) is 0.465. The molecule has 0 saturated heterocycles. The molecule has 0 aliphatic carbocycles. The Labute approximate surface area is 121 Å². The molecule has 2 rings (SSSR count). The van der Waals surface area contributed by atoms with Crippen molar-refractivity contribution in [1.29, 1.82) is 0 Å². The number of rotatable bonds is 5. The van der Waals surface area contributed by atoms with Gasteiger partial charge in [0.1, 0.15) is 5.82 Å². The van der Waals surface area contributed by atoms with E-state index in [4.69, 9.17) is 5.73 Å². The van der Waals surface area contributed by atoms with E-state index in [0.717, 1.165) is 10.2 Å². The summed E-state index contributed by atoms with van der Waals surface area (Å²) in [6.45, 7) is 0.692. The third-order valence-electron chi connectivity index (χ3n) is 2.41. The Bertz CT molecular complexity index is 602. The van der Waals surface area contributed by atoms with Crippen LogP contribution in [0.5, 0.6) is 0 Å². The SMILES string of the molecule is Nc1nc(NCCc2ccc(Br)s2)ccc1[N+](=O)[O-]. The molecule has 6 nitrogen and oxygen atoms in total. The molecule has 2 heterocycles. The van der Waals surface area contributed by atoms with Gasteiger partial charge >= 0.3 is 5.69 Å². The highest BCUT2D eigenvalue weighted by Gasteiger charge is 2.12. The molecule has 0 atom stereocenters. The van der Waals surface area contributed by atoms with Crippen molar-refractivity contribution in [2.45, 2.75) is 6.42 Å². The van der Waals surface area contributed by atoms with Crippen LogP contribution < -0.4 is 11.1 Å². The van der Waals surface area contributed by atoms with E-state index in [1.165, 1.54) is 10.9 Å². The smallest absolute Gasteiger partial charge is 0.311 e. The number of nitrogens with zero attached hydrogens (tertiary/aromatic N) is 2. The molecule has 0 bridgehead atoms. The maximum absolute atomic E-state index is 10.6. The second kappa shape index (κ2) is 5.98. The van der Waals surface area contributed by atoms with E-state index in [0.29, 0.717) is 12.4 Å². The average molecular weight is 343 g/mol.